The Hall–Kier alpha value is -1.89. The Bertz CT molecular complexity index is 375. The second kappa shape index (κ2) is 5.86. The first-order valence-electron chi connectivity index (χ1n) is 4.73. The van der Waals surface area contributed by atoms with Crippen LogP contribution >= 0.6 is 0 Å². The van der Waals surface area contributed by atoms with Gasteiger partial charge in [0.15, 0.2) is 0 Å². The molecule has 0 aliphatic heterocycles. The minimum atomic E-state index is -1.10. The maximum Gasteiger partial charge on any atom is 0.329 e. The molecule has 0 aliphatic carbocycles. The zero-order valence-corrected chi connectivity index (χ0v) is 8.84. The van der Waals surface area contributed by atoms with Crippen LogP contribution in [0.15, 0.2) is 12.4 Å². The van der Waals surface area contributed by atoms with Gasteiger partial charge in [-0.2, -0.15) is 5.10 Å². The molecule has 16 heavy (non-hydrogen) atoms. The second-order valence-electron chi connectivity index (χ2n) is 3.02. The number of amides is 1. The Morgan fingerprint density at radius 1 is 1.56 bits per heavy atom. The molecule has 1 amide bonds. The van der Waals surface area contributed by atoms with E-state index < -0.39 is 18.5 Å². The number of carbonyl (C=O) groups excluding carboxylic acids is 1. The van der Waals surface area contributed by atoms with E-state index >= 15 is 0 Å². The summed E-state index contributed by atoms with van der Waals surface area (Å²) in [6.07, 6.45) is 3.19. The van der Waals surface area contributed by atoms with Gasteiger partial charge in [0.2, 0.25) is 5.91 Å². The molecule has 2 N–H and O–H groups in total. The molecule has 0 fully saturated rings. The largest absolute Gasteiger partial charge is 0.480 e. The Morgan fingerprint density at radius 2 is 2.31 bits per heavy atom. The molecule has 1 aromatic rings. The van der Waals surface area contributed by atoms with Gasteiger partial charge in [0.05, 0.1) is 11.9 Å². The van der Waals surface area contributed by atoms with E-state index in [1.807, 2.05) is 6.92 Å². The Morgan fingerprint density at radius 3 is 2.88 bits per heavy atom. The number of nitrogens with one attached hydrogen (secondary N) is 1. The predicted octanol–water partition coefficient (Wildman–Crippen LogP) is -0.0573. The quantitative estimate of drug-likeness (QED) is 0.710. The zero-order valence-electron chi connectivity index (χ0n) is 8.84. The van der Waals surface area contributed by atoms with E-state index in [1.165, 1.54) is 6.20 Å². The molecular weight excluding hydrogens is 214 g/mol. The molecule has 0 unspecified atom stereocenters. The van der Waals surface area contributed by atoms with Crippen molar-refractivity contribution in [3.8, 4) is 0 Å². The van der Waals surface area contributed by atoms with Gasteiger partial charge < -0.3 is 15.2 Å². The van der Waals surface area contributed by atoms with Crippen molar-refractivity contribution in [3.63, 3.8) is 0 Å². The van der Waals surface area contributed by atoms with Crippen molar-refractivity contribution in [2.24, 2.45) is 0 Å². The zero-order chi connectivity index (χ0) is 12.0. The molecule has 0 atom stereocenters. The lowest BCUT2D eigenvalue weighted by molar-refractivity contribution is -0.143. The summed E-state index contributed by atoms with van der Waals surface area (Å²) in [5, 5.41) is 14.8. The molecule has 7 nitrogen and oxygen atoms in total. The minimum absolute atomic E-state index is 0.288. The monoisotopic (exact) mass is 227 g/mol. The molecule has 0 aromatic carbocycles. The summed E-state index contributed by atoms with van der Waals surface area (Å²) in [5.41, 5.74) is 0.561. The van der Waals surface area contributed by atoms with E-state index in [0.29, 0.717) is 12.2 Å². The van der Waals surface area contributed by atoms with Crippen LogP contribution in [-0.2, 0) is 20.9 Å². The van der Waals surface area contributed by atoms with Gasteiger partial charge in [0, 0.05) is 12.7 Å². The fourth-order valence-corrected chi connectivity index (χ4v) is 1.03. The number of nitrogens with zero attached hydrogens (tertiary/aromatic N) is 2. The summed E-state index contributed by atoms with van der Waals surface area (Å²) in [5.74, 6) is -1.51. The lowest BCUT2D eigenvalue weighted by Crippen LogP contribution is -2.20. The molecule has 0 spiro atoms. The van der Waals surface area contributed by atoms with Gasteiger partial charge in [-0.15, -0.1) is 0 Å². The first-order valence-corrected chi connectivity index (χ1v) is 4.73. The number of aliphatic carboxylic acids is 1. The van der Waals surface area contributed by atoms with Crippen molar-refractivity contribution < 1.29 is 19.4 Å². The number of anilines is 1. The number of carboxylic acids is 1. The van der Waals surface area contributed by atoms with Gasteiger partial charge in [0.1, 0.15) is 13.2 Å². The Labute approximate surface area is 92.0 Å². The molecule has 0 saturated heterocycles. The topological polar surface area (TPSA) is 93.5 Å². The third kappa shape index (κ3) is 4.09. The number of aromatic nitrogens is 2. The van der Waals surface area contributed by atoms with Crippen molar-refractivity contribution in [2.45, 2.75) is 13.5 Å². The third-order valence-electron chi connectivity index (χ3n) is 1.70. The highest BCUT2D eigenvalue weighted by atomic mass is 16.5. The fourth-order valence-electron chi connectivity index (χ4n) is 1.03. The summed E-state index contributed by atoms with van der Waals surface area (Å²) < 4.78 is 6.28. The predicted molar refractivity (Wildman–Crippen MR) is 55.0 cm³/mol. The van der Waals surface area contributed by atoms with Crippen LogP contribution in [-0.4, -0.2) is 40.0 Å². The highest BCUT2D eigenvalue weighted by molar-refractivity contribution is 5.91. The number of hydrogen-bond donors (Lipinski definition) is 2. The summed E-state index contributed by atoms with van der Waals surface area (Å²) in [4.78, 5) is 21.3. The second-order valence-corrected chi connectivity index (χ2v) is 3.02. The summed E-state index contributed by atoms with van der Waals surface area (Å²) >= 11 is 0. The van der Waals surface area contributed by atoms with E-state index in [1.54, 1.807) is 10.9 Å². The van der Waals surface area contributed by atoms with Gasteiger partial charge >= 0.3 is 5.97 Å². The van der Waals surface area contributed by atoms with Gasteiger partial charge in [-0.25, -0.2) is 4.79 Å². The highest BCUT2D eigenvalue weighted by Crippen LogP contribution is 2.03. The fraction of sp³-hybridized carbons (Fsp3) is 0.444. The molecule has 0 bridgehead atoms. The van der Waals surface area contributed by atoms with Crippen LogP contribution in [0.3, 0.4) is 0 Å². The van der Waals surface area contributed by atoms with Crippen LogP contribution in [0.5, 0.6) is 0 Å². The molecule has 0 aliphatic rings. The molecule has 1 heterocycles. The Kier molecular flexibility index (Phi) is 4.46. The minimum Gasteiger partial charge on any atom is -0.480 e. The van der Waals surface area contributed by atoms with Gasteiger partial charge in [0.25, 0.3) is 0 Å². The number of hydrogen-bond acceptors (Lipinski definition) is 4. The number of rotatable bonds is 6. The van der Waals surface area contributed by atoms with E-state index in [2.05, 4.69) is 15.2 Å². The van der Waals surface area contributed by atoms with E-state index in [0.717, 1.165) is 0 Å². The van der Waals surface area contributed by atoms with Gasteiger partial charge in [-0.3, -0.25) is 9.48 Å². The molecular formula is C9H13N3O4. The standard InChI is InChI=1S/C9H13N3O4/c1-2-12-4-7(3-10-12)11-8(13)5-16-6-9(14)15/h3-4H,2,5-6H2,1H3,(H,11,13)(H,14,15). The molecule has 0 radical (unpaired) electrons. The van der Waals surface area contributed by atoms with Gasteiger partial charge in [-0.1, -0.05) is 0 Å². The van der Waals surface area contributed by atoms with Crippen LogP contribution in [0.4, 0.5) is 5.69 Å². The molecule has 1 rings (SSSR count). The summed E-state index contributed by atoms with van der Waals surface area (Å²) in [6, 6.07) is 0. The normalized spacial score (nSPS) is 10.1. The van der Waals surface area contributed by atoms with Gasteiger partial charge in [-0.05, 0) is 6.92 Å². The average molecular weight is 227 g/mol. The maximum atomic E-state index is 11.2. The van der Waals surface area contributed by atoms with Crippen LogP contribution < -0.4 is 5.32 Å². The number of carbonyl (C=O) groups is 2. The van der Waals surface area contributed by atoms with Crippen LogP contribution in [0.2, 0.25) is 0 Å². The van der Waals surface area contributed by atoms with Crippen LogP contribution in [0.25, 0.3) is 0 Å². The molecule has 7 heteroatoms. The summed E-state index contributed by atoms with van der Waals surface area (Å²) in [7, 11) is 0. The lowest BCUT2D eigenvalue weighted by atomic mass is 10.5. The van der Waals surface area contributed by atoms with Crippen LogP contribution in [0.1, 0.15) is 6.92 Å². The average Bonchev–Trinajstić information content (AvgIpc) is 2.65. The number of ether oxygens (including phenoxy) is 1. The number of aryl methyl sites for hydroxylation is 1. The van der Waals surface area contributed by atoms with E-state index in [9.17, 15) is 9.59 Å². The SMILES string of the molecule is CCn1cc(NC(=O)COCC(=O)O)cn1. The molecule has 88 valence electrons. The van der Waals surface area contributed by atoms with Crippen molar-refractivity contribution in [3.05, 3.63) is 12.4 Å². The third-order valence-corrected chi connectivity index (χ3v) is 1.70. The Balaban J connectivity index is 2.31. The highest BCUT2D eigenvalue weighted by Gasteiger charge is 2.05. The molecule has 1 aromatic heterocycles. The van der Waals surface area contributed by atoms with Crippen molar-refractivity contribution >= 4 is 17.6 Å². The first-order chi connectivity index (χ1) is 7.61. The number of carboxylic acid groups (broad SMARTS) is 1. The van der Waals surface area contributed by atoms with Crippen molar-refractivity contribution in [1.29, 1.82) is 0 Å². The van der Waals surface area contributed by atoms with Crippen LogP contribution in [0, 0.1) is 0 Å². The van der Waals surface area contributed by atoms with E-state index in [4.69, 9.17) is 5.11 Å². The lowest BCUT2D eigenvalue weighted by Gasteiger charge is -2.01. The summed E-state index contributed by atoms with van der Waals surface area (Å²) in [6.45, 7) is 1.87. The van der Waals surface area contributed by atoms with Crippen molar-refractivity contribution in [1.82, 2.24) is 9.78 Å². The van der Waals surface area contributed by atoms with Crippen molar-refractivity contribution in [2.75, 3.05) is 18.5 Å². The molecule has 0 saturated carbocycles. The first kappa shape index (κ1) is 12.2. The van der Waals surface area contributed by atoms with E-state index in [-0.39, 0.29) is 6.61 Å². The maximum absolute atomic E-state index is 11.2. The smallest absolute Gasteiger partial charge is 0.329 e.